The molecule has 4 aromatic carbocycles. The van der Waals surface area contributed by atoms with Crippen LogP contribution < -0.4 is 0 Å². The van der Waals surface area contributed by atoms with Gasteiger partial charge in [-0.15, -0.1) is 0 Å². The second kappa shape index (κ2) is 8.70. The monoisotopic (exact) mass is 488 g/mol. The highest BCUT2D eigenvalue weighted by Crippen LogP contribution is 2.41. The van der Waals surface area contributed by atoms with Crippen LogP contribution in [-0.2, 0) is 5.54 Å². The zero-order valence-corrected chi connectivity index (χ0v) is 18.3. The van der Waals surface area contributed by atoms with E-state index in [0.717, 1.165) is 25.9 Å². The molecule has 29 heavy (non-hydrogen) atoms. The van der Waals surface area contributed by atoms with E-state index in [4.69, 9.17) is 10.2 Å². The Balaban J connectivity index is 1.99. The number of azo groups is 1. The highest BCUT2D eigenvalue weighted by molar-refractivity contribution is 14.1. The molecule has 0 heterocycles. The van der Waals surface area contributed by atoms with Crippen molar-refractivity contribution in [3.63, 3.8) is 0 Å². The fourth-order valence-corrected chi connectivity index (χ4v) is 4.31. The molecule has 0 amide bonds. The molecule has 0 saturated carbocycles. The molecule has 0 aliphatic carbocycles. The first kappa shape index (κ1) is 19.5. The summed E-state index contributed by atoms with van der Waals surface area (Å²) < 4.78 is 1.09. The molecule has 0 saturated heterocycles. The van der Waals surface area contributed by atoms with Crippen LogP contribution in [0.1, 0.15) is 22.3 Å². The molecule has 3 heteroatoms. The molecular formula is C26H21IN2. The van der Waals surface area contributed by atoms with Gasteiger partial charge in [-0.3, -0.25) is 0 Å². The zero-order chi connectivity index (χ0) is 20.1. The quantitative estimate of drug-likeness (QED) is 0.156. The summed E-state index contributed by atoms with van der Waals surface area (Å²) in [7, 11) is 0. The van der Waals surface area contributed by atoms with E-state index >= 15 is 0 Å². The summed E-state index contributed by atoms with van der Waals surface area (Å²) in [6.45, 7) is 2.09. The van der Waals surface area contributed by atoms with Gasteiger partial charge >= 0.3 is 0 Å². The molecule has 0 aliphatic heterocycles. The fraction of sp³-hybridized carbons (Fsp3) is 0.0769. The maximum atomic E-state index is 5.05. The van der Waals surface area contributed by atoms with E-state index in [0.29, 0.717) is 0 Å². The number of halogens is 1. The molecule has 0 unspecified atom stereocenters. The van der Waals surface area contributed by atoms with Gasteiger partial charge in [0.2, 0.25) is 0 Å². The van der Waals surface area contributed by atoms with E-state index in [1.165, 1.54) is 5.56 Å². The molecule has 0 bridgehead atoms. The molecule has 2 nitrogen and oxygen atoms in total. The molecule has 0 fully saturated rings. The second-order valence-corrected chi connectivity index (χ2v) is 8.13. The Morgan fingerprint density at radius 3 is 1.48 bits per heavy atom. The molecule has 4 aromatic rings. The van der Waals surface area contributed by atoms with Crippen molar-refractivity contribution in [3.8, 4) is 0 Å². The molecule has 0 spiro atoms. The SMILES string of the molecule is Cc1ccc(N=NC(c2ccccc2)(c2ccccc2)c2ccccc2)c(I)c1. The third-order valence-corrected chi connectivity index (χ3v) is 5.85. The Kier molecular flexibility index (Phi) is 5.86. The van der Waals surface area contributed by atoms with Gasteiger partial charge in [0.1, 0.15) is 0 Å². The number of hydrogen-bond donors (Lipinski definition) is 0. The summed E-state index contributed by atoms with van der Waals surface area (Å²) in [5.41, 5.74) is 4.63. The first-order valence-electron chi connectivity index (χ1n) is 9.56. The van der Waals surface area contributed by atoms with E-state index in [1.54, 1.807) is 0 Å². The van der Waals surface area contributed by atoms with Crippen LogP contribution in [0.25, 0.3) is 0 Å². The van der Waals surface area contributed by atoms with E-state index < -0.39 is 5.54 Å². The lowest BCUT2D eigenvalue weighted by atomic mass is 9.78. The van der Waals surface area contributed by atoms with Crippen molar-refractivity contribution in [2.24, 2.45) is 10.2 Å². The van der Waals surface area contributed by atoms with E-state index in [9.17, 15) is 0 Å². The number of aryl methyl sites for hydroxylation is 1. The van der Waals surface area contributed by atoms with Crippen molar-refractivity contribution in [2.75, 3.05) is 0 Å². The van der Waals surface area contributed by atoms with Gasteiger partial charge in [-0.1, -0.05) is 97.1 Å². The Hall–Kier alpha value is -2.79. The minimum Gasteiger partial charge on any atom is -0.167 e. The van der Waals surface area contributed by atoms with Crippen LogP contribution >= 0.6 is 22.6 Å². The van der Waals surface area contributed by atoms with E-state index in [2.05, 4.69) is 114 Å². The van der Waals surface area contributed by atoms with Crippen LogP contribution in [0.5, 0.6) is 0 Å². The summed E-state index contributed by atoms with van der Waals surface area (Å²) in [6, 6.07) is 37.4. The van der Waals surface area contributed by atoms with Gasteiger partial charge in [0, 0.05) is 3.57 Å². The number of nitrogens with zero attached hydrogens (tertiary/aromatic N) is 2. The summed E-state index contributed by atoms with van der Waals surface area (Å²) in [4.78, 5) is 0. The van der Waals surface area contributed by atoms with Crippen LogP contribution in [0.15, 0.2) is 119 Å². The maximum absolute atomic E-state index is 5.05. The second-order valence-electron chi connectivity index (χ2n) is 6.96. The molecule has 0 aliphatic rings. The van der Waals surface area contributed by atoms with Gasteiger partial charge in [-0.2, -0.15) is 10.2 Å². The Bertz CT molecular complexity index is 1010. The van der Waals surface area contributed by atoms with Crippen molar-refractivity contribution in [1.29, 1.82) is 0 Å². The molecule has 0 atom stereocenters. The smallest absolute Gasteiger partial charge is 0.157 e. The van der Waals surface area contributed by atoms with Crippen molar-refractivity contribution < 1.29 is 0 Å². The summed E-state index contributed by atoms with van der Waals surface area (Å²) >= 11 is 2.33. The van der Waals surface area contributed by atoms with Crippen molar-refractivity contribution in [1.82, 2.24) is 0 Å². The lowest BCUT2D eigenvalue weighted by Crippen LogP contribution is -2.26. The number of rotatable bonds is 5. The van der Waals surface area contributed by atoms with Crippen LogP contribution in [0.2, 0.25) is 0 Å². The molecule has 142 valence electrons. The summed E-state index contributed by atoms with van der Waals surface area (Å²) in [6.07, 6.45) is 0. The predicted octanol–water partition coefficient (Wildman–Crippen LogP) is 7.68. The Morgan fingerprint density at radius 2 is 1.07 bits per heavy atom. The Morgan fingerprint density at radius 1 is 0.621 bits per heavy atom. The van der Waals surface area contributed by atoms with Crippen LogP contribution in [0.3, 0.4) is 0 Å². The zero-order valence-electron chi connectivity index (χ0n) is 16.2. The highest BCUT2D eigenvalue weighted by atomic mass is 127. The summed E-state index contributed by atoms with van der Waals surface area (Å²) in [5.74, 6) is 0. The molecule has 0 radical (unpaired) electrons. The van der Waals surface area contributed by atoms with Gasteiger partial charge in [-0.25, -0.2) is 0 Å². The van der Waals surface area contributed by atoms with Crippen molar-refractivity contribution >= 4 is 28.3 Å². The van der Waals surface area contributed by atoms with E-state index in [1.807, 2.05) is 24.3 Å². The van der Waals surface area contributed by atoms with Crippen LogP contribution in [0, 0.1) is 10.5 Å². The van der Waals surface area contributed by atoms with Gasteiger partial charge in [-0.05, 0) is 63.9 Å². The van der Waals surface area contributed by atoms with Gasteiger partial charge < -0.3 is 0 Å². The van der Waals surface area contributed by atoms with Gasteiger partial charge in [0.05, 0.1) is 5.69 Å². The number of hydrogen-bond acceptors (Lipinski definition) is 2. The normalized spacial score (nSPS) is 11.7. The lowest BCUT2D eigenvalue weighted by Gasteiger charge is -2.30. The first-order chi connectivity index (χ1) is 14.2. The van der Waals surface area contributed by atoms with Gasteiger partial charge in [0.15, 0.2) is 5.54 Å². The lowest BCUT2D eigenvalue weighted by molar-refractivity contribution is 0.618. The van der Waals surface area contributed by atoms with Crippen LogP contribution in [-0.4, -0.2) is 0 Å². The molecule has 0 N–H and O–H groups in total. The standard InChI is InChI=1S/C26H21IN2/c1-20-17-18-25(24(27)19-20)28-29-26(21-11-5-2-6-12-21,22-13-7-3-8-14-22)23-15-9-4-10-16-23/h2-19H,1H3. The summed E-state index contributed by atoms with van der Waals surface area (Å²) in [5, 5.41) is 9.81. The highest BCUT2D eigenvalue weighted by Gasteiger charge is 2.36. The minimum atomic E-state index is -0.724. The average molecular weight is 488 g/mol. The maximum Gasteiger partial charge on any atom is 0.157 e. The predicted molar refractivity (Wildman–Crippen MR) is 128 cm³/mol. The minimum absolute atomic E-state index is 0.724. The molecule has 0 aromatic heterocycles. The van der Waals surface area contributed by atoms with E-state index in [-0.39, 0.29) is 0 Å². The third kappa shape index (κ3) is 4.01. The largest absolute Gasteiger partial charge is 0.167 e. The first-order valence-corrected chi connectivity index (χ1v) is 10.6. The van der Waals surface area contributed by atoms with Crippen molar-refractivity contribution in [2.45, 2.75) is 12.5 Å². The van der Waals surface area contributed by atoms with Crippen LogP contribution in [0.4, 0.5) is 5.69 Å². The molecule has 4 rings (SSSR count). The number of benzene rings is 4. The molecular weight excluding hydrogens is 467 g/mol. The third-order valence-electron chi connectivity index (χ3n) is 4.99. The average Bonchev–Trinajstić information content (AvgIpc) is 2.78. The fourth-order valence-electron chi connectivity index (χ4n) is 3.53. The van der Waals surface area contributed by atoms with Gasteiger partial charge in [0.25, 0.3) is 0 Å². The van der Waals surface area contributed by atoms with Crippen molar-refractivity contribution in [3.05, 3.63) is 135 Å². The Labute approximate surface area is 185 Å². The topological polar surface area (TPSA) is 24.7 Å².